The second-order valence-electron chi connectivity index (χ2n) is 5.37. The van der Waals surface area contributed by atoms with E-state index in [1.807, 2.05) is 0 Å². The molecule has 0 saturated carbocycles. The van der Waals surface area contributed by atoms with Gasteiger partial charge in [-0.25, -0.2) is 4.98 Å². The minimum Gasteiger partial charge on any atom is -0.496 e. The van der Waals surface area contributed by atoms with Gasteiger partial charge >= 0.3 is 0 Å². The van der Waals surface area contributed by atoms with E-state index < -0.39 is 9.85 Å². The molecule has 11 nitrogen and oxygen atoms in total. The number of hydrogen-bond donors (Lipinski definition) is 1. The summed E-state index contributed by atoms with van der Waals surface area (Å²) < 4.78 is 10.9. The van der Waals surface area contributed by atoms with Crippen LogP contribution in [0.1, 0.15) is 5.76 Å². The van der Waals surface area contributed by atoms with Gasteiger partial charge in [0.15, 0.2) is 0 Å². The fraction of sp³-hybridized carbons (Fsp3) is 0.0588. The third-order valence-corrected chi connectivity index (χ3v) is 3.62. The molecule has 0 bridgehead atoms. The first kappa shape index (κ1) is 18.5. The number of furan rings is 1. The molecule has 0 aliphatic rings. The molecule has 2 heterocycles. The number of benzene rings is 1. The maximum atomic E-state index is 11.0. The van der Waals surface area contributed by atoms with Crippen molar-refractivity contribution in [2.45, 2.75) is 0 Å². The number of nitrogens with one attached hydrogen (secondary N) is 1. The fourth-order valence-electron chi connectivity index (χ4n) is 2.29. The van der Waals surface area contributed by atoms with Crippen LogP contribution in [0.3, 0.4) is 0 Å². The predicted molar refractivity (Wildman–Crippen MR) is 99.5 cm³/mol. The summed E-state index contributed by atoms with van der Waals surface area (Å²) in [4.78, 5) is 24.4. The van der Waals surface area contributed by atoms with E-state index in [1.54, 1.807) is 12.1 Å². The first-order valence-corrected chi connectivity index (χ1v) is 7.80. The topological polar surface area (TPSA) is 146 Å². The Bertz CT molecular complexity index is 1040. The molecular weight excluding hydrogens is 370 g/mol. The molecule has 0 radical (unpaired) electrons. The number of rotatable bonds is 7. The minimum atomic E-state index is -0.549. The van der Waals surface area contributed by atoms with Crippen LogP contribution in [-0.2, 0) is 0 Å². The van der Waals surface area contributed by atoms with Crippen LogP contribution in [0.15, 0.2) is 58.2 Å². The number of aromatic nitrogens is 1. The van der Waals surface area contributed by atoms with Crippen molar-refractivity contribution < 1.29 is 19.0 Å². The monoisotopic (exact) mass is 383 g/mol. The number of hydrogen-bond acceptors (Lipinski definition) is 9. The van der Waals surface area contributed by atoms with E-state index in [9.17, 15) is 20.2 Å². The zero-order chi connectivity index (χ0) is 20.1. The molecule has 28 heavy (non-hydrogen) atoms. The Morgan fingerprint density at radius 1 is 1.11 bits per heavy atom. The third kappa shape index (κ3) is 4.09. The van der Waals surface area contributed by atoms with Gasteiger partial charge in [-0.05, 0) is 24.3 Å². The lowest BCUT2D eigenvalue weighted by molar-refractivity contribution is -0.385. The Morgan fingerprint density at radius 2 is 1.86 bits per heavy atom. The van der Waals surface area contributed by atoms with Crippen molar-refractivity contribution in [1.29, 1.82) is 0 Å². The molecule has 0 aliphatic heterocycles. The number of ether oxygens (including phenoxy) is 1. The maximum Gasteiger partial charge on any atom is 0.287 e. The maximum absolute atomic E-state index is 11.0. The Hall–Kier alpha value is -4.28. The van der Waals surface area contributed by atoms with Crippen LogP contribution in [0.2, 0.25) is 0 Å². The first-order chi connectivity index (χ1) is 13.5. The van der Waals surface area contributed by atoms with E-state index in [2.05, 4.69) is 15.5 Å². The molecule has 0 aliphatic carbocycles. The number of nitro benzene ring substituents is 1. The highest BCUT2D eigenvalue weighted by Gasteiger charge is 2.15. The highest BCUT2D eigenvalue weighted by Crippen LogP contribution is 2.34. The second-order valence-corrected chi connectivity index (χ2v) is 5.37. The van der Waals surface area contributed by atoms with E-state index in [0.29, 0.717) is 28.7 Å². The number of pyridine rings is 1. The minimum absolute atomic E-state index is 0.0895. The molecule has 11 heteroatoms. The average molecular weight is 383 g/mol. The van der Waals surface area contributed by atoms with Gasteiger partial charge in [-0.3, -0.25) is 25.7 Å². The highest BCUT2D eigenvalue weighted by molar-refractivity contribution is 5.79. The van der Waals surface area contributed by atoms with Gasteiger partial charge in [0.05, 0.1) is 28.7 Å². The summed E-state index contributed by atoms with van der Waals surface area (Å²) in [6.45, 7) is 0. The highest BCUT2D eigenvalue weighted by atomic mass is 16.6. The van der Waals surface area contributed by atoms with Crippen molar-refractivity contribution in [3.8, 4) is 17.1 Å². The lowest BCUT2D eigenvalue weighted by Gasteiger charge is -2.05. The summed E-state index contributed by atoms with van der Waals surface area (Å²) in [6.07, 6.45) is 2.48. The molecule has 142 valence electrons. The van der Waals surface area contributed by atoms with Crippen molar-refractivity contribution in [3.05, 3.63) is 74.7 Å². The molecule has 0 saturated heterocycles. The van der Waals surface area contributed by atoms with E-state index in [0.717, 1.165) is 6.20 Å². The van der Waals surface area contributed by atoms with Gasteiger partial charge in [0, 0.05) is 18.2 Å². The van der Waals surface area contributed by atoms with Crippen LogP contribution < -0.4 is 10.2 Å². The number of anilines is 1. The van der Waals surface area contributed by atoms with Crippen LogP contribution >= 0.6 is 0 Å². The van der Waals surface area contributed by atoms with Gasteiger partial charge in [-0.15, -0.1) is 0 Å². The van der Waals surface area contributed by atoms with Gasteiger partial charge in [-0.1, -0.05) is 0 Å². The number of nitro groups is 2. The molecule has 3 rings (SSSR count). The van der Waals surface area contributed by atoms with Crippen LogP contribution in [0, 0.1) is 20.2 Å². The van der Waals surface area contributed by atoms with E-state index in [-0.39, 0.29) is 11.4 Å². The van der Waals surface area contributed by atoms with E-state index in [1.165, 1.54) is 43.7 Å². The molecule has 2 aromatic heterocycles. The summed E-state index contributed by atoms with van der Waals surface area (Å²) in [5, 5.41) is 25.5. The largest absolute Gasteiger partial charge is 0.496 e. The summed E-state index contributed by atoms with van der Waals surface area (Å²) in [6, 6.07) is 10.2. The Labute approximate surface area is 157 Å². The number of methoxy groups -OCH3 is 1. The molecule has 1 N–H and O–H groups in total. The molecule has 0 amide bonds. The Balaban J connectivity index is 1.75. The first-order valence-electron chi connectivity index (χ1n) is 7.80. The van der Waals surface area contributed by atoms with Crippen LogP contribution in [0.5, 0.6) is 5.75 Å². The van der Waals surface area contributed by atoms with Gasteiger partial charge in [0.2, 0.25) is 0 Å². The molecule has 1 aromatic carbocycles. The molecule has 3 aromatic rings. The third-order valence-electron chi connectivity index (χ3n) is 3.62. The summed E-state index contributed by atoms with van der Waals surface area (Å²) in [5.41, 5.74) is 2.83. The van der Waals surface area contributed by atoms with E-state index >= 15 is 0 Å². The predicted octanol–water partition coefficient (Wildman–Crippen LogP) is 3.61. The van der Waals surface area contributed by atoms with Crippen LogP contribution in [0.25, 0.3) is 11.3 Å². The number of hydrazone groups is 1. The molecular formula is C17H13N5O6. The average Bonchev–Trinajstić information content (AvgIpc) is 3.16. The van der Waals surface area contributed by atoms with Crippen molar-refractivity contribution in [2.24, 2.45) is 5.10 Å². The van der Waals surface area contributed by atoms with Gasteiger partial charge in [0.1, 0.15) is 29.3 Å². The quantitative estimate of drug-likeness (QED) is 0.370. The van der Waals surface area contributed by atoms with Crippen molar-refractivity contribution in [3.63, 3.8) is 0 Å². The summed E-state index contributed by atoms with van der Waals surface area (Å²) >= 11 is 0. The molecule has 0 fully saturated rings. The van der Waals surface area contributed by atoms with E-state index in [4.69, 9.17) is 9.15 Å². The van der Waals surface area contributed by atoms with Crippen molar-refractivity contribution in [1.82, 2.24) is 4.98 Å². The van der Waals surface area contributed by atoms with Crippen LogP contribution in [-0.4, -0.2) is 28.2 Å². The smallest absolute Gasteiger partial charge is 0.287 e. The van der Waals surface area contributed by atoms with Crippen LogP contribution in [0.4, 0.5) is 17.2 Å². The number of nitrogens with zero attached hydrogens (tertiary/aromatic N) is 4. The van der Waals surface area contributed by atoms with Gasteiger partial charge in [0.25, 0.3) is 11.4 Å². The van der Waals surface area contributed by atoms with Crippen molar-refractivity contribution in [2.75, 3.05) is 12.5 Å². The second kappa shape index (κ2) is 7.95. The Kier molecular flexibility index (Phi) is 5.25. The zero-order valence-electron chi connectivity index (χ0n) is 14.4. The lowest BCUT2D eigenvalue weighted by Crippen LogP contribution is -1.94. The Morgan fingerprint density at radius 3 is 2.50 bits per heavy atom. The van der Waals surface area contributed by atoms with Gasteiger partial charge in [-0.2, -0.15) is 5.10 Å². The normalized spacial score (nSPS) is 10.8. The SMILES string of the molecule is COc1ccc([N+](=O)[O-])cc1-c1ccc(/C=N\Nc2ccc([N+](=O)[O-])cn2)o1. The zero-order valence-corrected chi connectivity index (χ0v) is 14.4. The van der Waals surface area contributed by atoms with Crippen molar-refractivity contribution >= 4 is 23.4 Å². The fourth-order valence-corrected chi connectivity index (χ4v) is 2.29. The molecule has 0 atom stereocenters. The van der Waals surface area contributed by atoms with Gasteiger partial charge < -0.3 is 9.15 Å². The summed E-state index contributed by atoms with van der Waals surface area (Å²) in [7, 11) is 1.46. The number of non-ortho nitro benzene ring substituents is 1. The summed E-state index contributed by atoms with van der Waals surface area (Å²) in [5.74, 6) is 1.49. The standard InChI is InChI=1S/C17H13N5O6/c1-27-15-5-2-11(21(23)24)8-14(15)16-6-4-13(28-16)10-19-20-17-7-3-12(9-18-17)22(25)26/h2-10H,1H3,(H,18,20)/b19-10-. The molecule has 0 spiro atoms. The lowest BCUT2D eigenvalue weighted by atomic mass is 10.1. The molecule has 0 unspecified atom stereocenters.